The third-order valence-corrected chi connectivity index (χ3v) is 4.44. The predicted octanol–water partition coefficient (Wildman–Crippen LogP) is 2.50. The lowest BCUT2D eigenvalue weighted by atomic mass is 10.1. The van der Waals surface area contributed by atoms with Crippen molar-refractivity contribution in [3.8, 4) is 0 Å². The van der Waals surface area contributed by atoms with E-state index in [1.54, 1.807) is 30.3 Å². The van der Waals surface area contributed by atoms with Crippen LogP contribution in [0.25, 0.3) is 11.1 Å². The van der Waals surface area contributed by atoms with E-state index >= 15 is 0 Å². The van der Waals surface area contributed by atoms with Crippen molar-refractivity contribution in [3.05, 3.63) is 64.1 Å². The minimum atomic E-state index is -0.532. The molecule has 132 valence electrons. The molecule has 1 aliphatic rings. The van der Waals surface area contributed by atoms with Crippen LogP contribution in [0.15, 0.2) is 51.7 Å². The Bertz CT molecular complexity index is 1030. The molecule has 0 radical (unpaired) electrons. The van der Waals surface area contributed by atoms with Gasteiger partial charge < -0.3 is 14.6 Å². The summed E-state index contributed by atoms with van der Waals surface area (Å²) in [4.78, 5) is 39.6. The molecule has 1 aromatic heterocycles. The first-order valence-corrected chi connectivity index (χ1v) is 8.39. The molecule has 4 rings (SSSR count). The second-order valence-corrected chi connectivity index (χ2v) is 6.30. The highest BCUT2D eigenvalue weighted by molar-refractivity contribution is 6.04. The second kappa shape index (κ2) is 6.51. The molecule has 2 aromatic carbocycles. The van der Waals surface area contributed by atoms with Crippen molar-refractivity contribution in [2.45, 2.75) is 19.4 Å². The lowest BCUT2D eigenvalue weighted by Gasteiger charge is -2.15. The SMILES string of the molecule is O=C(Nc1ccc2oc(=O)[nH]c2c1)c1ccc(CN2CCCC2=O)cc1. The van der Waals surface area contributed by atoms with Crippen LogP contribution < -0.4 is 11.1 Å². The van der Waals surface area contributed by atoms with E-state index in [1.807, 2.05) is 17.0 Å². The Balaban J connectivity index is 1.45. The molecule has 2 heterocycles. The molecule has 1 fully saturated rings. The van der Waals surface area contributed by atoms with Gasteiger partial charge >= 0.3 is 5.76 Å². The fourth-order valence-corrected chi connectivity index (χ4v) is 3.09. The number of amides is 2. The molecule has 0 aliphatic carbocycles. The zero-order valence-electron chi connectivity index (χ0n) is 14.0. The number of nitrogens with zero attached hydrogens (tertiary/aromatic N) is 1. The van der Waals surface area contributed by atoms with Crippen LogP contribution in [0.3, 0.4) is 0 Å². The van der Waals surface area contributed by atoms with E-state index in [2.05, 4.69) is 10.3 Å². The average Bonchev–Trinajstić information content (AvgIpc) is 3.19. The maximum Gasteiger partial charge on any atom is 0.417 e. The molecule has 0 atom stereocenters. The fourth-order valence-electron chi connectivity index (χ4n) is 3.09. The lowest BCUT2D eigenvalue weighted by Crippen LogP contribution is -2.23. The molecule has 3 aromatic rings. The van der Waals surface area contributed by atoms with E-state index < -0.39 is 5.76 Å². The quantitative estimate of drug-likeness (QED) is 0.755. The van der Waals surface area contributed by atoms with Crippen LogP contribution in [0.2, 0.25) is 0 Å². The zero-order chi connectivity index (χ0) is 18.1. The maximum atomic E-state index is 12.4. The summed E-state index contributed by atoms with van der Waals surface area (Å²) in [5, 5.41) is 2.79. The lowest BCUT2D eigenvalue weighted by molar-refractivity contribution is -0.128. The number of hydrogen-bond acceptors (Lipinski definition) is 4. The number of H-pyrrole nitrogens is 1. The number of hydrogen-bond donors (Lipinski definition) is 2. The Morgan fingerprint density at radius 2 is 1.96 bits per heavy atom. The molecule has 2 amide bonds. The number of aromatic nitrogens is 1. The molecule has 0 spiro atoms. The number of likely N-dealkylation sites (tertiary alicyclic amines) is 1. The number of fused-ring (bicyclic) bond motifs is 1. The Hall–Kier alpha value is -3.35. The fraction of sp³-hybridized carbons (Fsp3) is 0.211. The molecule has 0 bridgehead atoms. The van der Waals surface area contributed by atoms with E-state index in [-0.39, 0.29) is 11.8 Å². The van der Waals surface area contributed by atoms with Crippen molar-refractivity contribution in [1.29, 1.82) is 0 Å². The van der Waals surface area contributed by atoms with Crippen molar-refractivity contribution in [1.82, 2.24) is 9.88 Å². The number of rotatable bonds is 4. The van der Waals surface area contributed by atoms with Gasteiger partial charge in [0.15, 0.2) is 5.58 Å². The largest absolute Gasteiger partial charge is 0.417 e. The van der Waals surface area contributed by atoms with Crippen molar-refractivity contribution in [3.63, 3.8) is 0 Å². The van der Waals surface area contributed by atoms with Crippen molar-refractivity contribution < 1.29 is 14.0 Å². The highest BCUT2D eigenvalue weighted by Crippen LogP contribution is 2.18. The summed E-state index contributed by atoms with van der Waals surface area (Å²) in [5.74, 6) is -0.603. The van der Waals surface area contributed by atoms with Crippen LogP contribution in [0, 0.1) is 0 Å². The maximum absolute atomic E-state index is 12.4. The van der Waals surface area contributed by atoms with Gasteiger partial charge in [0, 0.05) is 30.8 Å². The van der Waals surface area contributed by atoms with Gasteiger partial charge in [-0.1, -0.05) is 12.1 Å². The summed E-state index contributed by atoms with van der Waals surface area (Å²) in [6.07, 6.45) is 1.53. The monoisotopic (exact) mass is 351 g/mol. The van der Waals surface area contributed by atoms with Crippen LogP contribution >= 0.6 is 0 Å². The molecule has 1 saturated heterocycles. The predicted molar refractivity (Wildman–Crippen MR) is 95.9 cm³/mol. The normalized spacial score (nSPS) is 14.2. The average molecular weight is 351 g/mol. The van der Waals surface area contributed by atoms with Gasteiger partial charge in [0.25, 0.3) is 5.91 Å². The minimum Gasteiger partial charge on any atom is -0.408 e. The molecule has 7 nitrogen and oxygen atoms in total. The van der Waals surface area contributed by atoms with Gasteiger partial charge in [-0.15, -0.1) is 0 Å². The highest BCUT2D eigenvalue weighted by atomic mass is 16.4. The molecule has 7 heteroatoms. The number of benzene rings is 2. The van der Waals surface area contributed by atoms with Gasteiger partial charge in [-0.2, -0.15) is 0 Å². The standard InChI is InChI=1S/C19H17N3O4/c23-17-2-1-9-22(17)11-12-3-5-13(6-4-12)18(24)20-14-7-8-16-15(10-14)21-19(25)26-16/h3-8,10H,1-2,9,11H2,(H,20,24)(H,21,25). The third kappa shape index (κ3) is 3.23. The first kappa shape index (κ1) is 16.1. The molecular weight excluding hydrogens is 334 g/mol. The van der Waals surface area contributed by atoms with E-state index in [4.69, 9.17) is 4.42 Å². The van der Waals surface area contributed by atoms with Gasteiger partial charge in [-0.05, 0) is 42.3 Å². The number of carbonyl (C=O) groups excluding carboxylic acids is 2. The van der Waals surface area contributed by atoms with E-state index in [0.717, 1.165) is 18.5 Å². The molecule has 2 N–H and O–H groups in total. The van der Waals surface area contributed by atoms with Gasteiger partial charge in [-0.25, -0.2) is 4.79 Å². The van der Waals surface area contributed by atoms with Crippen LogP contribution in [0.1, 0.15) is 28.8 Å². The summed E-state index contributed by atoms with van der Waals surface area (Å²) < 4.78 is 4.94. The van der Waals surface area contributed by atoms with Crippen LogP contribution in [-0.4, -0.2) is 28.2 Å². The molecule has 1 aliphatic heterocycles. The topological polar surface area (TPSA) is 95.4 Å². The summed E-state index contributed by atoms with van der Waals surface area (Å²) in [5.41, 5.74) is 3.04. The summed E-state index contributed by atoms with van der Waals surface area (Å²) >= 11 is 0. The van der Waals surface area contributed by atoms with Gasteiger partial charge in [0.2, 0.25) is 5.91 Å². The minimum absolute atomic E-state index is 0.180. The van der Waals surface area contributed by atoms with E-state index in [0.29, 0.717) is 35.3 Å². The summed E-state index contributed by atoms with van der Waals surface area (Å²) in [6, 6.07) is 12.1. The number of carbonyl (C=O) groups is 2. The molecule has 26 heavy (non-hydrogen) atoms. The van der Waals surface area contributed by atoms with Crippen LogP contribution in [0.4, 0.5) is 5.69 Å². The van der Waals surface area contributed by atoms with E-state index in [1.165, 1.54) is 0 Å². The summed E-state index contributed by atoms with van der Waals surface area (Å²) in [6.45, 7) is 1.37. The van der Waals surface area contributed by atoms with E-state index in [9.17, 15) is 14.4 Å². The molecule has 0 unspecified atom stereocenters. The van der Waals surface area contributed by atoms with Crippen molar-refractivity contribution in [2.75, 3.05) is 11.9 Å². The summed E-state index contributed by atoms with van der Waals surface area (Å²) in [7, 11) is 0. The molecule has 0 saturated carbocycles. The van der Waals surface area contributed by atoms with Crippen LogP contribution in [-0.2, 0) is 11.3 Å². The van der Waals surface area contributed by atoms with Gasteiger partial charge in [0.05, 0.1) is 5.52 Å². The number of nitrogens with one attached hydrogen (secondary N) is 2. The number of anilines is 1. The Kier molecular flexibility index (Phi) is 4.04. The first-order chi connectivity index (χ1) is 12.6. The van der Waals surface area contributed by atoms with Crippen molar-refractivity contribution in [2.24, 2.45) is 0 Å². The Labute approximate surface area is 148 Å². The van der Waals surface area contributed by atoms with Crippen molar-refractivity contribution >= 4 is 28.6 Å². The Morgan fingerprint density at radius 1 is 1.15 bits per heavy atom. The first-order valence-electron chi connectivity index (χ1n) is 8.39. The Morgan fingerprint density at radius 3 is 2.69 bits per heavy atom. The third-order valence-electron chi connectivity index (χ3n) is 4.44. The van der Waals surface area contributed by atoms with Crippen LogP contribution in [0.5, 0.6) is 0 Å². The van der Waals surface area contributed by atoms with Gasteiger partial charge in [-0.3, -0.25) is 14.6 Å². The molecular formula is C19H17N3O4. The second-order valence-electron chi connectivity index (χ2n) is 6.30. The number of aromatic amines is 1. The smallest absolute Gasteiger partial charge is 0.408 e. The highest BCUT2D eigenvalue weighted by Gasteiger charge is 2.20. The number of oxazole rings is 1. The zero-order valence-corrected chi connectivity index (χ0v) is 14.0. The van der Waals surface area contributed by atoms with Gasteiger partial charge in [0.1, 0.15) is 0 Å².